The van der Waals surface area contributed by atoms with Crippen molar-refractivity contribution in [2.75, 3.05) is 10.6 Å². The van der Waals surface area contributed by atoms with Crippen molar-refractivity contribution in [1.29, 1.82) is 0 Å². The Morgan fingerprint density at radius 2 is 1.72 bits per heavy atom. The number of ether oxygens (including phenoxy) is 1. The summed E-state index contributed by atoms with van der Waals surface area (Å²) in [4.78, 5) is 18.7. The van der Waals surface area contributed by atoms with Gasteiger partial charge in [0.1, 0.15) is 18.4 Å². The molecule has 1 aliphatic heterocycles. The van der Waals surface area contributed by atoms with E-state index in [1.165, 1.54) is 17.3 Å². The van der Waals surface area contributed by atoms with Crippen molar-refractivity contribution in [3.63, 3.8) is 0 Å². The average Bonchev–Trinajstić information content (AvgIpc) is 3.45. The number of nitrogens with one attached hydrogen (secondary N) is 2. The van der Waals surface area contributed by atoms with E-state index in [1.54, 1.807) is 4.68 Å². The molecule has 9 heteroatoms. The summed E-state index contributed by atoms with van der Waals surface area (Å²) in [5.41, 5.74) is 7.44. The summed E-state index contributed by atoms with van der Waals surface area (Å²) < 4.78 is 7.94. The number of rotatable bonds is 9. The highest BCUT2D eigenvalue weighted by Gasteiger charge is 2.34. The van der Waals surface area contributed by atoms with Crippen LogP contribution < -0.4 is 15.4 Å². The highest BCUT2D eigenvalue weighted by molar-refractivity contribution is 7.98. The van der Waals surface area contributed by atoms with E-state index in [2.05, 4.69) is 55.7 Å². The second-order valence-electron chi connectivity index (χ2n) is 12.7. The molecule has 47 heavy (non-hydrogen) atoms. The lowest BCUT2D eigenvalue weighted by molar-refractivity contribution is -0.113. The molecule has 0 spiro atoms. The Balaban J connectivity index is 1.27. The van der Waals surface area contributed by atoms with E-state index in [-0.39, 0.29) is 11.3 Å². The maximum absolute atomic E-state index is 13.9. The fourth-order valence-corrected chi connectivity index (χ4v) is 6.60. The molecule has 1 unspecified atom stereocenters. The molecule has 4 aromatic carbocycles. The molecule has 1 aromatic heterocycles. The number of amides is 1. The van der Waals surface area contributed by atoms with Crippen LogP contribution in [-0.2, 0) is 22.6 Å². The molecule has 0 radical (unpaired) electrons. The number of hydrogen-bond acceptors (Lipinski definition) is 6. The summed E-state index contributed by atoms with van der Waals surface area (Å²) in [5, 5.41) is 12.6. The summed E-state index contributed by atoms with van der Waals surface area (Å²) >= 11 is 7.90. The molecule has 0 aliphatic carbocycles. The number of hydrogen-bond donors (Lipinski definition) is 2. The first-order valence-electron chi connectivity index (χ1n) is 15.6. The molecule has 240 valence electrons. The highest BCUT2D eigenvalue weighted by atomic mass is 35.5. The minimum Gasteiger partial charge on any atom is -0.489 e. The lowest BCUT2D eigenvalue weighted by Crippen LogP contribution is -2.31. The van der Waals surface area contributed by atoms with Crippen molar-refractivity contribution < 1.29 is 9.53 Å². The van der Waals surface area contributed by atoms with E-state index in [4.69, 9.17) is 26.4 Å². The molecular weight excluding hydrogens is 626 g/mol. The molecular formula is C38H38ClN5O2S. The van der Waals surface area contributed by atoms with Gasteiger partial charge in [0.15, 0.2) is 0 Å². The number of thioether (sulfide) groups is 1. The van der Waals surface area contributed by atoms with E-state index in [1.807, 2.05) is 86.6 Å². The van der Waals surface area contributed by atoms with Gasteiger partial charge in [-0.05, 0) is 77.4 Å². The molecule has 6 rings (SSSR count). The van der Waals surface area contributed by atoms with Gasteiger partial charge in [0.2, 0.25) is 11.1 Å². The highest BCUT2D eigenvalue weighted by Crippen LogP contribution is 2.38. The summed E-state index contributed by atoms with van der Waals surface area (Å²) in [7, 11) is 0. The second-order valence-corrected chi connectivity index (χ2v) is 14.1. The second kappa shape index (κ2) is 13.7. The number of aromatic nitrogens is 3. The van der Waals surface area contributed by atoms with E-state index >= 15 is 0 Å². The number of fused-ring (bicyclic) bond motifs is 1. The van der Waals surface area contributed by atoms with Crippen LogP contribution in [0.2, 0.25) is 5.02 Å². The SMILES string of the molecule is CC1=C(C(=O)Nc2cccc(C)c2)C(c2ccc(OCc3ccc(C(C)(C)C)cc3)cc2)n2nc(SCc3ccccc3Cl)nc2N1. The Labute approximate surface area is 285 Å². The number of aryl methyl sites for hydroxylation is 1. The van der Waals surface area contributed by atoms with Crippen LogP contribution in [0, 0.1) is 6.92 Å². The topological polar surface area (TPSA) is 81.1 Å². The largest absolute Gasteiger partial charge is 0.489 e. The third kappa shape index (κ3) is 7.56. The molecule has 7 nitrogen and oxygen atoms in total. The van der Waals surface area contributed by atoms with Crippen LogP contribution >= 0.6 is 23.4 Å². The Hall–Kier alpha value is -4.53. The minimum absolute atomic E-state index is 0.103. The van der Waals surface area contributed by atoms with Crippen LogP contribution in [0.3, 0.4) is 0 Å². The van der Waals surface area contributed by atoms with E-state index < -0.39 is 6.04 Å². The molecule has 0 fully saturated rings. The number of anilines is 2. The molecule has 1 atom stereocenters. The van der Waals surface area contributed by atoms with Gasteiger partial charge in [-0.25, -0.2) is 4.68 Å². The maximum atomic E-state index is 13.9. The van der Waals surface area contributed by atoms with Gasteiger partial charge in [0.05, 0.1) is 5.57 Å². The van der Waals surface area contributed by atoms with Crippen LogP contribution in [-0.4, -0.2) is 20.7 Å². The van der Waals surface area contributed by atoms with Crippen LogP contribution in [0.25, 0.3) is 0 Å². The monoisotopic (exact) mass is 663 g/mol. The van der Waals surface area contributed by atoms with Gasteiger partial charge in [0, 0.05) is 22.2 Å². The molecule has 0 bridgehead atoms. The van der Waals surface area contributed by atoms with Crippen molar-refractivity contribution in [3.05, 3.63) is 141 Å². The van der Waals surface area contributed by atoms with Gasteiger partial charge >= 0.3 is 0 Å². The van der Waals surface area contributed by atoms with Crippen LogP contribution in [0.4, 0.5) is 11.6 Å². The lowest BCUT2D eigenvalue weighted by Gasteiger charge is -2.28. The van der Waals surface area contributed by atoms with Crippen molar-refractivity contribution >= 4 is 40.9 Å². The molecule has 1 amide bonds. The minimum atomic E-state index is -0.516. The van der Waals surface area contributed by atoms with E-state index in [0.29, 0.717) is 39.8 Å². The Morgan fingerprint density at radius 3 is 2.43 bits per heavy atom. The standard InChI is InChI=1S/C38H38ClN5O2S/c1-24-9-8-11-30(21-24)41-35(45)33-25(2)40-36-42-37(47-23-28-10-6-7-12-32(28)39)43-44(36)34(33)27-15-19-31(20-16-27)46-22-26-13-17-29(18-14-26)38(3,4)5/h6-21,34H,22-23H2,1-5H3,(H,41,45)(H,40,42,43). The normalized spacial score (nSPS) is 14.4. The summed E-state index contributed by atoms with van der Waals surface area (Å²) in [5.74, 6) is 1.71. The van der Waals surface area contributed by atoms with Gasteiger partial charge in [-0.1, -0.05) is 111 Å². The van der Waals surface area contributed by atoms with Crippen molar-refractivity contribution in [3.8, 4) is 5.75 Å². The van der Waals surface area contributed by atoms with Gasteiger partial charge in [-0.3, -0.25) is 4.79 Å². The first-order valence-corrected chi connectivity index (χ1v) is 16.9. The zero-order valence-corrected chi connectivity index (χ0v) is 28.7. The summed E-state index contributed by atoms with van der Waals surface area (Å²) in [6, 6.07) is 31.4. The quantitative estimate of drug-likeness (QED) is 0.153. The van der Waals surface area contributed by atoms with E-state index in [9.17, 15) is 4.79 Å². The number of nitrogens with zero attached hydrogens (tertiary/aromatic N) is 3. The fourth-order valence-electron chi connectivity index (χ4n) is 5.49. The molecule has 1 aliphatic rings. The summed E-state index contributed by atoms with van der Waals surface area (Å²) in [6.45, 7) is 11.0. The van der Waals surface area contributed by atoms with Gasteiger partial charge < -0.3 is 15.4 Å². The predicted octanol–water partition coefficient (Wildman–Crippen LogP) is 9.34. The number of halogens is 1. The van der Waals surface area contributed by atoms with Gasteiger partial charge in [0.25, 0.3) is 5.91 Å². The van der Waals surface area contributed by atoms with Crippen LogP contribution in [0.15, 0.2) is 113 Å². The number of carbonyl (C=O) groups is 1. The molecule has 2 N–H and O–H groups in total. The number of carbonyl (C=O) groups excluding carboxylic acids is 1. The van der Waals surface area contributed by atoms with Crippen molar-refractivity contribution in [2.45, 2.75) is 63.6 Å². The zero-order valence-electron chi connectivity index (χ0n) is 27.2. The summed E-state index contributed by atoms with van der Waals surface area (Å²) in [6.07, 6.45) is 0. The van der Waals surface area contributed by atoms with E-state index in [0.717, 1.165) is 33.7 Å². The smallest absolute Gasteiger partial charge is 0.255 e. The maximum Gasteiger partial charge on any atom is 0.255 e. The Kier molecular flexibility index (Phi) is 9.43. The number of benzene rings is 4. The average molecular weight is 664 g/mol. The van der Waals surface area contributed by atoms with Crippen LogP contribution in [0.5, 0.6) is 5.75 Å². The third-order valence-electron chi connectivity index (χ3n) is 8.09. The molecule has 2 heterocycles. The lowest BCUT2D eigenvalue weighted by atomic mass is 9.87. The molecule has 0 saturated heterocycles. The molecule has 0 saturated carbocycles. The van der Waals surface area contributed by atoms with Gasteiger partial charge in [-0.2, -0.15) is 4.98 Å². The number of allylic oxidation sites excluding steroid dienone is 1. The Bertz CT molecular complexity index is 1930. The van der Waals surface area contributed by atoms with Crippen molar-refractivity contribution in [1.82, 2.24) is 14.8 Å². The van der Waals surface area contributed by atoms with Gasteiger partial charge in [-0.15, -0.1) is 5.10 Å². The zero-order chi connectivity index (χ0) is 33.1. The fraction of sp³-hybridized carbons (Fsp3) is 0.237. The Morgan fingerprint density at radius 1 is 0.979 bits per heavy atom. The van der Waals surface area contributed by atoms with Crippen LogP contribution in [0.1, 0.15) is 61.6 Å². The van der Waals surface area contributed by atoms with Crippen molar-refractivity contribution in [2.24, 2.45) is 0 Å². The first kappa shape index (κ1) is 32.4. The first-order chi connectivity index (χ1) is 22.5. The molecule has 5 aromatic rings. The predicted molar refractivity (Wildman–Crippen MR) is 191 cm³/mol. The third-order valence-corrected chi connectivity index (χ3v) is 9.34.